The highest BCUT2D eigenvalue weighted by atomic mass is 16.6. The van der Waals surface area contributed by atoms with Crippen LogP contribution in [0.3, 0.4) is 0 Å². The normalized spacial score (nSPS) is 11.6. The number of nitrogens with zero attached hydrogens (tertiary/aromatic N) is 1. The zero-order valence-corrected chi connectivity index (χ0v) is 9.21. The smallest absolute Gasteiger partial charge is 0.319 e. The summed E-state index contributed by atoms with van der Waals surface area (Å²) >= 11 is 0. The Labute approximate surface area is 97.6 Å². The Balaban J connectivity index is 2.57. The molecule has 3 N–H and O–H groups in total. The average Bonchev–Trinajstić information content (AvgIpc) is 2.29. The van der Waals surface area contributed by atoms with Gasteiger partial charge in [-0.3, -0.25) is 10.1 Å². The minimum absolute atomic E-state index is 0.0420. The third kappa shape index (κ3) is 4.07. The monoisotopic (exact) mass is 239 g/mol. The SMILES string of the molecule is C[C@@H](CO)NC(=O)Nc1ccc([N+](=O)[O-])cc1. The highest BCUT2D eigenvalue weighted by molar-refractivity contribution is 5.89. The molecule has 0 bridgehead atoms. The fourth-order valence-electron chi connectivity index (χ4n) is 1.10. The van der Waals surface area contributed by atoms with Crippen LogP contribution in [0.4, 0.5) is 16.2 Å². The lowest BCUT2D eigenvalue weighted by atomic mass is 10.3. The molecule has 0 aromatic heterocycles. The molecular weight excluding hydrogens is 226 g/mol. The van der Waals surface area contributed by atoms with Crippen LogP contribution in [-0.4, -0.2) is 28.7 Å². The molecule has 0 aliphatic heterocycles. The molecule has 17 heavy (non-hydrogen) atoms. The molecule has 1 atom stereocenters. The summed E-state index contributed by atoms with van der Waals surface area (Å²) in [6, 6.07) is 4.63. The van der Waals surface area contributed by atoms with Gasteiger partial charge in [-0.15, -0.1) is 0 Å². The number of benzene rings is 1. The fourth-order valence-corrected chi connectivity index (χ4v) is 1.10. The van der Waals surface area contributed by atoms with Gasteiger partial charge in [0.15, 0.2) is 0 Å². The molecule has 0 heterocycles. The predicted octanol–water partition coefficient (Wildman–Crippen LogP) is 1.10. The van der Waals surface area contributed by atoms with Gasteiger partial charge in [-0.25, -0.2) is 4.79 Å². The molecule has 92 valence electrons. The molecule has 1 aromatic carbocycles. The molecule has 0 spiro atoms. The van der Waals surface area contributed by atoms with E-state index in [-0.39, 0.29) is 18.3 Å². The summed E-state index contributed by atoms with van der Waals surface area (Å²) in [6.07, 6.45) is 0. The third-order valence-electron chi connectivity index (χ3n) is 1.99. The van der Waals surface area contributed by atoms with Gasteiger partial charge in [0, 0.05) is 17.8 Å². The second-order valence-corrected chi connectivity index (χ2v) is 3.49. The zero-order chi connectivity index (χ0) is 12.8. The number of rotatable bonds is 4. The molecule has 0 aliphatic rings. The molecule has 1 aromatic rings. The van der Waals surface area contributed by atoms with Crippen LogP contribution in [0, 0.1) is 10.1 Å². The summed E-state index contributed by atoms with van der Waals surface area (Å²) in [5.41, 5.74) is 0.401. The van der Waals surface area contributed by atoms with Gasteiger partial charge >= 0.3 is 6.03 Å². The molecule has 0 saturated carbocycles. The average molecular weight is 239 g/mol. The summed E-state index contributed by atoms with van der Waals surface area (Å²) in [5, 5.41) is 24.1. The number of non-ortho nitro benzene ring substituents is 1. The van der Waals surface area contributed by atoms with E-state index in [1.165, 1.54) is 24.3 Å². The van der Waals surface area contributed by atoms with Crippen molar-refractivity contribution >= 4 is 17.4 Å². The minimum atomic E-state index is -0.516. The van der Waals surface area contributed by atoms with Crippen molar-refractivity contribution in [3.8, 4) is 0 Å². The van der Waals surface area contributed by atoms with Crippen LogP contribution in [-0.2, 0) is 0 Å². The number of aliphatic hydroxyl groups is 1. The maximum absolute atomic E-state index is 11.3. The molecule has 2 amide bonds. The van der Waals surface area contributed by atoms with Gasteiger partial charge in [0.25, 0.3) is 5.69 Å². The van der Waals surface area contributed by atoms with E-state index in [0.29, 0.717) is 5.69 Å². The highest BCUT2D eigenvalue weighted by Crippen LogP contribution is 2.15. The maximum Gasteiger partial charge on any atom is 0.319 e. The molecule has 0 fully saturated rings. The zero-order valence-electron chi connectivity index (χ0n) is 9.21. The van der Waals surface area contributed by atoms with E-state index in [1.54, 1.807) is 6.92 Å². The standard InChI is InChI=1S/C10H13N3O4/c1-7(6-14)11-10(15)12-8-2-4-9(5-3-8)13(16)17/h2-5,7,14H,6H2,1H3,(H2,11,12,15)/t7-/m0/s1. The number of anilines is 1. The molecule has 7 heteroatoms. The van der Waals surface area contributed by atoms with Crippen LogP contribution in [0.1, 0.15) is 6.92 Å². The first-order valence-electron chi connectivity index (χ1n) is 4.95. The number of carbonyl (C=O) groups is 1. The van der Waals surface area contributed by atoms with Crippen LogP contribution in [0.2, 0.25) is 0 Å². The Bertz CT molecular complexity index is 405. The number of hydrogen-bond acceptors (Lipinski definition) is 4. The number of urea groups is 1. The molecule has 0 aliphatic carbocycles. The van der Waals surface area contributed by atoms with Gasteiger partial charge in [-0.1, -0.05) is 0 Å². The number of nitro groups is 1. The number of aliphatic hydroxyl groups excluding tert-OH is 1. The van der Waals surface area contributed by atoms with Crippen LogP contribution in [0.25, 0.3) is 0 Å². The van der Waals surface area contributed by atoms with Crippen LogP contribution >= 0.6 is 0 Å². The Hall–Kier alpha value is -2.15. The van der Waals surface area contributed by atoms with Crippen molar-refractivity contribution in [2.24, 2.45) is 0 Å². The second kappa shape index (κ2) is 5.80. The van der Waals surface area contributed by atoms with E-state index in [4.69, 9.17) is 5.11 Å². The molecular formula is C10H13N3O4. The lowest BCUT2D eigenvalue weighted by molar-refractivity contribution is -0.384. The van der Waals surface area contributed by atoms with Crippen LogP contribution in [0.15, 0.2) is 24.3 Å². The van der Waals surface area contributed by atoms with Gasteiger partial charge in [0.1, 0.15) is 0 Å². The van der Waals surface area contributed by atoms with E-state index in [0.717, 1.165) is 0 Å². The molecule has 0 unspecified atom stereocenters. The highest BCUT2D eigenvalue weighted by Gasteiger charge is 2.08. The van der Waals surface area contributed by atoms with E-state index in [9.17, 15) is 14.9 Å². The Morgan fingerprint density at radius 2 is 2.06 bits per heavy atom. The summed E-state index contributed by atoms with van der Waals surface area (Å²) in [5.74, 6) is 0. The first kappa shape index (κ1) is 12.9. The lowest BCUT2D eigenvalue weighted by Crippen LogP contribution is -2.38. The largest absolute Gasteiger partial charge is 0.394 e. The topological polar surface area (TPSA) is 104 Å². The number of amides is 2. The summed E-state index contributed by atoms with van der Waals surface area (Å²) in [6.45, 7) is 1.49. The van der Waals surface area contributed by atoms with Crippen molar-refractivity contribution < 1.29 is 14.8 Å². The Morgan fingerprint density at radius 1 is 1.47 bits per heavy atom. The molecule has 7 nitrogen and oxygen atoms in total. The van der Waals surface area contributed by atoms with Crippen molar-refractivity contribution in [1.29, 1.82) is 0 Å². The Kier molecular flexibility index (Phi) is 4.41. The molecule has 1 rings (SSSR count). The van der Waals surface area contributed by atoms with E-state index < -0.39 is 11.0 Å². The van der Waals surface area contributed by atoms with E-state index >= 15 is 0 Å². The van der Waals surface area contributed by atoms with Gasteiger partial charge in [-0.05, 0) is 19.1 Å². The number of carbonyl (C=O) groups excluding carboxylic acids is 1. The quantitative estimate of drug-likeness (QED) is 0.540. The van der Waals surface area contributed by atoms with Crippen LogP contribution in [0.5, 0.6) is 0 Å². The van der Waals surface area contributed by atoms with Crippen molar-refractivity contribution in [3.05, 3.63) is 34.4 Å². The van der Waals surface area contributed by atoms with E-state index in [1.807, 2.05) is 0 Å². The predicted molar refractivity (Wildman–Crippen MR) is 61.8 cm³/mol. The van der Waals surface area contributed by atoms with Gasteiger partial charge in [0.2, 0.25) is 0 Å². The third-order valence-corrected chi connectivity index (χ3v) is 1.99. The van der Waals surface area contributed by atoms with Crippen molar-refractivity contribution in [2.45, 2.75) is 13.0 Å². The summed E-state index contributed by atoms with van der Waals surface area (Å²) in [4.78, 5) is 21.2. The van der Waals surface area contributed by atoms with Gasteiger partial charge in [0.05, 0.1) is 17.6 Å². The summed E-state index contributed by atoms with van der Waals surface area (Å²) in [7, 11) is 0. The van der Waals surface area contributed by atoms with Crippen molar-refractivity contribution in [1.82, 2.24) is 5.32 Å². The molecule has 0 radical (unpaired) electrons. The fraction of sp³-hybridized carbons (Fsp3) is 0.300. The first-order chi connectivity index (χ1) is 8.02. The Morgan fingerprint density at radius 3 is 2.53 bits per heavy atom. The number of hydrogen-bond donors (Lipinski definition) is 3. The first-order valence-corrected chi connectivity index (χ1v) is 4.95. The van der Waals surface area contributed by atoms with E-state index in [2.05, 4.69) is 10.6 Å². The minimum Gasteiger partial charge on any atom is -0.394 e. The van der Waals surface area contributed by atoms with Gasteiger partial charge < -0.3 is 15.7 Å². The van der Waals surface area contributed by atoms with Crippen molar-refractivity contribution in [3.63, 3.8) is 0 Å². The second-order valence-electron chi connectivity index (χ2n) is 3.49. The molecule has 0 saturated heterocycles. The number of nitrogens with one attached hydrogen (secondary N) is 2. The van der Waals surface area contributed by atoms with Gasteiger partial charge in [-0.2, -0.15) is 0 Å². The summed E-state index contributed by atoms with van der Waals surface area (Å²) < 4.78 is 0. The van der Waals surface area contributed by atoms with Crippen molar-refractivity contribution in [2.75, 3.05) is 11.9 Å². The van der Waals surface area contributed by atoms with Crippen LogP contribution < -0.4 is 10.6 Å². The lowest BCUT2D eigenvalue weighted by Gasteiger charge is -2.11. The maximum atomic E-state index is 11.3. The number of nitro benzene ring substituents is 1.